The van der Waals surface area contributed by atoms with Gasteiger partial charge in [0.25, 0.3) is 6.01 Å². The van der Waals surface area contributed by atoms with Crippen molar-refractivity contribution < 1.29 is 4.42 Å². The summed E-state index contributed by atoms with van der Waals surface area (Å²) in [6.07, 6.45) is 3.77. The topological polar surface area (TPSA) is 77.8 Å². The average Bonchev–Trinajstić information content (AvgIpc) is 3.31. The van der Waals surface area contributed by atoms with E-state index in [1.807, 2.05) is 43.7 Å². The molecule has 1 aromatic carbocycles. The number of nitrogens with zero attached hydrogens (tertiary/aromatic N) is 7. The standard InChI is InChI=1S/C17H17N7O/c1-11-8-23(17-19-13-5-3-4-6-14(13)25-17)10-15-20-21-16(24(11)15)12-7-18-22(2)9-12/h3-7,9,11H,8,10H2,1-2H3/t11-/m0/s1. The lowest BCUT2D eigenvalue weighted by atomic mass is 10.2. The van der Waals surface area contributed by atoms with E-state index in [4.69, 9.17) is 4.42 Å². The van der Waals surface area contributed by atoms with Crippen LogP contribution in [0.5, 0.6) is 0 Å². The van der Waals surface area contributed by atoms with E-state index in [0.29, 0.717) is 12.6 Å². The second-order valence-corrected chi connectivity index (χ2v) is 6.41. The molecule has 8 nitrogen and oxygen atoms in total. The molecule has 126 valence electrons. The second kappa shape index (κ2) is 5.17. The molecule has 4 aromatic rings. The van der Waals surface area contributed by atoms with Gasteiger partial charge in [-0.3, -0.25) is 4.68 Å². The summed E-state index contributed by atoms with van der Waals surface area (Å²) in [6, 6.07) is 8.63. The molecule has 0 aliphatic carbocycles. The van der Waals surface area contributed by atoms with Gasteiger partial charge in [0.15, 0.2) is 17.2 Å². The van der Waals surface area contributed by atoms with Gasteiger partial charge in [-0.15, -0.1) is 10.2 Å². The highest BCUT2D eigenvalue weighted by molar-refractivity contribution is 5.74. The van der Waals surface area contributed by atoms with Crippen LogP contribution >= 0.6 is 0 Å². The quantitative estimate of drug-likeness (QED) is 0.560. The van der Waals surface area contributed by atoms with Crippen molar-refractivity contribution >= 4 is 17.1 Å². The molecule has 0 unspecified atom stereocenters. The minimum atomic E-state index is 0.198. The summed E-state index contributed by atoms with van der Waals surface area (Å²) in [5.41, 5.74) is 2.64. The highest BCUT2D eigenvalue weighted by Gasteiger charge is 2.29. The molecule has 8 heteroatoms. The van der Waals surface area contributed by atoms with E-state index in [9.17, 15) is 0 Å². The molecule has 0 amide bonds. The molecule has 0 fully saturated rings. The van der Waals surface area contributed by atoms with E-state index < -0.39 is 0 Å². The van der Waals surface area contributed by atoms with Crippen LogP contribution in [0.3, 0.4) is 0 Å². The molecule has 5 rings (SSSR count). The predicted molar refractivity (Wildman–Crippen MR) is 92.0 cm³/mol. The van der Waals surface area contributed by atoms with Gasteiger partial charge in [0.2, 0.25) is 0 Å². The van der Waals surface area contributed by atoms with Crippen LogP contribution in [-0.2, 0) is 13.6 Å². The Kier molecular flexibility index (Phi) is 2.94. The van der Waals surface area contributed by atoms with Crippen LogP contribution in [-0.4, -0.2) is 36.1 Å². The van der Waals surface area contributed by atoms with Crippen molar-refractivity contribution in [1.29, 1.82) is 0 Å². The first-order valence-electron chi connectivity index (χ1n) is 8.22. The van der Waals surface area contributed by atoms with Crippen LogP contribution in [0.2, 0.25) is 0 Å². The van der Waals surface area contributed by atoms with Crippen molar-refractivity contribution in [1.82, 2.24) is 29.5 Å². The molecule has 0 saturated heterocycles. The van der Waals surface area contributed by atoms with Gasteiger partial charge in [-0.1, -0.05) is 12.1 Å². The molecule has 25 heavy (non-hydrogen) atoms. The zero-order valence-corrected chi connectivity index (χ0v) is 14.0. The molecule has 1 atom stereocenters. The Morgan fingerprint density at radius 2 is 2.08 bits per heavy atom. The highest BCUT2D eigenvalue weighted by Crippen LogP contribution is 2.31. The van der Waals surface area contributed by atoms with Crippen molar-refractivity contribution in [2.24, 2.45) is 7.05 Å². The molecule has 0 N–H and O–H groups in total. The monoisotopic (exact) mass is 335 g/mol. The van der Waals surface area contributed by atoms with Gasteiger partial charge < -0.3 is 13.9 Å². The molecule has 0 bridgehead atoms. The van der Waals surface area contributed by atoms with E-state index >= 15 is 0 Å². The number of hydrogen-bond acceptors (Lipinski definition) is 6. The minimum absolute atomic E-state index is 0.198. The third-order valence-corrected chi connectivity index (χ3v) is 4.54. The number of aryl methyl sites for hydroxylation is 1. The fourth-order valence-electron chi connectivity index (χ4n) is 3.41. The molecule has 1 aliphatic rings. The first kappa shape index (κ1) is 14.2. The summed E-state index contributed by atoms with van der Waals surface area (Å²) in [5.74, 6) is 1.76. The predicted octanol–water partition coefficient (Wildman–Crippen LogP) is 2.40. The zero-order chi connectivity index (χ0) is 17.0. The van der Waals surface area contributed by atoms with Crippen molar-refractivity contribution in [2.75, 3.05) is 11.4 Å². The lowest BCUT2D eigenvalue weighted by molar-refractivity contribution is 0.438. The summed E-state index contributed by atoms with van der Waals surface area (Å²) < 4.78 is 9.86. The smallest absolute Gasteiger partial charge is 0.298 e. The number of benzene rings is 1. The minimum Gasteiger partial charge on any atom is -0.423 e. The molecule has 1 aliphatic heterocycles. The zero-order valence-electron chi connectivity index (χ0n) is 14.0. The Morgan fingerprint density at radius 1 is 1.20 bits per heavy atom. The summed E-state index contributed by atoms with van der Waals surface area (Å²) in [4.78, 5) is 6.71. The average molecular weight is 335 g/mol. The van der Waals surface area contributed by atoms with Crippen molar-refractivity contribution in [3.05, 3.63) is 42.5 Å². The van der Waals surface area contributed by atoms with Crippen LogP contribution in [0.1, 0.15) is 18.8 Å². The Morgan fingerprint density at radius 3 is 2.88 bits per heavy atom. The number of aromatic nitrogens is 6. The first-order chi connectivity index (χ1) is 12.2. The molecular formula is C17H17N7O. The van der Waals surface area contributed by atoms with E-state index in [-0.39, 0.29) is 6.04 Å². The first-order valence-corrected chi connectivity index (χ1v) is 8.22. The fraction of sp³-hybridized carbons (Fsp3) is 0.294. The third kappa shape index (κ3) is 2.21. The van der Waals surface area contributed by atoms with Gasteiger partial charge in [-0.25, -0.2) is 0 Å². The van der Waals surface area contributed by atoms with E-state index in [0.717, 1.165) is 34.9 Å². The largest absolute Gasteiger partial charge is 0.423 e. The number of rotatable bonds is 2. The Labute approximate surface area is 143 Å². The van der Waals surface area contributed by atoms with Gasteiger partial charge >= 0.3 is 0 Å². The second-order valence-electron chi connectivity index (χ2n) is 6.41. The lowest BCUT2D eigenvalue weighted by Crippen LogP contribution is -2.36. The Bertz CT molecular complexity index is 1030. The fourth-order valence-corrected chi connectivity index (χ4v) is 3.41. The maximum Gasteiger partial charge on any atom is 0.298 e. The Balaban J connectivity index is 1.52. The number of oxazole rings is 1. The maximum absolute atomic E-state index is 5.91. The molecule has 0 spiro atoms. The number of fused-ring (bicyclic) bond motifs is 2. The Hall–Kier alpha value is -3.16. The van der Waals surface area contributed by atoms with Gasteiger partial charge in [-0.05, 0) is 19.1 Å². The van der Waals surface area contributed by atoms with Crippen LogP contribution in [0.25, 0.3) is 22.5 Å². The molecule has 4 heterocycles. The molecule has 3 aromatic heterocycles. The molecule has 0 radical (unpaired) electrons. The summed E-state index contributed by atoms with van der Waals surface area (Å²) >= 11 is 0. The van der Waals surface area contributed by atoms with Crippen LogP contribution in [0.4, 0.5) is 6.01 Å². The van der Waals surface area contributed by atoms with E-state index in [2.05, 4.69) is 36.7 Å². The third-order valence-electron chi connectivity index (χ3n) is 4.54. The van der Waals surface area contributed by atoms with E-state index in [1.54, 1.807) is 4.68 Å². The van der Waals surface area contributed by atoms with Crippen molar-refractivity contribution in [3.8, 4) is 11.4 Å². The summed E-state index contributed by atoms with van der Waals surface area (Å²) in [7, 11) is 1.90. The van der Waals surface area contributed by atoms with Crippen LogP contribution in [0, 0.1) is 0 Å². The molecular weight excluding hydrogens is 318 g/mol. The maximum atomic E-state index is 5.91. The normalized spacial score (nSPS) is 17.2. The lowest BCUT2D eigenvalue weighted by Gasteiger charge is -2.31. The van der Waals surface area contributed by atoms with Gasteiger partial charge in [0, 0.05) is 19.8 Å². The number of anilines is 1. The highest BCUT2D eigenvalue weighted by atomic mass is 16.4. The summed E-state index contributed by atoms with van der Waals surface area (Å²) in [6.45, 7) is 3.55. The van der Waals surface area contributed by atoms with Gasteiger partial charge in [-0.2, -0.15) is 10.1 Å². The SMILES string of the molecule is C[C@H]1CN(c2nc3ccccc3o2)Cc2nnc(-c3cnn(C)c3)n21. The molecule has 0 saturated carbocycles. The van der Waals surface area contributed by atoms with Crippen molar-refractivity contribution in [2.45, 2.75) is 19.5 Å². The number of para-hydroxylation sites is 2. The summed E-state index contributed by atoms with van der Waals surface area (Å²) in [5, 5.41) is 13.0. The van der Waals surface area contributed by atoms with Gasteiger partial charge in [0.05, 0.1) is 24.3 Å². The van der Waals surface area contributed by atoms with Crippen LogP contribution < -0.4 is 4.90 Å². The van der Waals surface area contributed by atoms with Crippen molar-refractivity contribution in [3.63, 3.8) is 0 Å². The van der Waals surface area contributed by atoms with Gasteiger partial charge in [0.1, 0.15) is 5.52 Å². The number of hydrogen-bond donors (Lipinski definition) is 0. The van der Waals surface area contributed by atoms with E-state index in [1.165, 1.54) is 0 Å². The van der Waals surface area contributed by atoms with Crippen LogP contribution in [0.15, 0.2) is 41.1 Å².